The van der Waals surface area contributed by atoms with Crippen LogP contribution in [0.1, 0.15) is 11.1 Å². The van der Waals surface area contributed by atoms with Crippen molar-refractivity contribution < 1.29 is 5.21 Å². The van der Waals surface area contributed by atoms with Crippen LogP contribution in [0.3, 0.4) is 0 Å². The number of benzene rings is 1. The maximum absolute atomic E-state index is 11.5. The molecule has 0 saturated carbocycles. The van der Waals surface area contributed by atoms with Crippen LogP contribution < -0.4 is 5.56 Å². The lowest BCUT2D eigenvalue weighted by atomic mass is 10.1. The van der Waals surface area contributed by atoms with Crippen molar-refractivity contribution >= 4 is 10.9 Å². The molecule has 0 bridgehead atoms. The minimum Gasteiger partial charge on any atom is -0.425 e. The molecular formula is C11H8N2O2. The number of aryl methyl sites for hydroxylation is 1. The molecule has 1 aromatic heterocycles. The third-order valence-electron chi connectivity index (χ3n) is 2.43. The first-order valence-electron chi connectivity index (χ1n) is 4.40. The lowest BCUT2D eigenvalue weighted by Gasteiger charge is -2.06. The van der Waals surface area contributed by atoms with Crippen LogP contribution in [-0.2, 0) is 0 Å². The Bertz CT molecular complexity index is 635. The highest BCUT2D eigenvalue weighted by atomic mass is 16.5. The van der Waals surface area contributed by atoms with Crippen LogP contribution in [0.2, 0.25) is 0 Å². The van der Waals surface area contributed by atoms with Gasteiger partial charge in [-0.15, -0.1) is 4.73 Å². The van der Waals surface area contributed by atoms with Crippen LogP contribution in [0, 0.1) is 18.3 Å². The van der Waals surface area contributed by atoms with Gasteiger partial charge >= 0.3 is 5.56 Å². The normalized spacial score (nSPS) is 10.1. The molecule has 0 aliphatic carbocycles. The van der Waals surface area contributed by atoms with Gasteiger partial charge in [-0.3, -0.25) is 4.79 Å². The third-order valence-corrected chi connectivity index (χ3v) is 2.43. The molecule has 0 radical (unpaired) electrons. The molecule has 1 aromatic carbocycles. The Hall–Kier alpha value is -2.28. The molecule has 0 aliphatic rings. The van der Waals surface area contributed by atoms with E-state index in [1.807, 2.05) is 0 Å². The number of nitrogens with zero attached hydrogens (tertiary/aromatic N) is 2. The number of nitriles is 1. The summed E-state index contributed by atoms with van der Waals surface area (Å²) in [4.78, 5) is 11.5. The second kappa shape index (κ2) is 3.14. The van der Waals surface area contributed by atoms with Crippen LogP contribution in [-0.4, -0.2) is 9.94 Å². The average Bonchev–Trinajstić information content (AvgIpc) is 2.27. The fourth-order valence-corrected chi connectivity index (χ4v) is 1.62. The molecule has 0 aliphatic heterocycles. The lowest BCUT2D eigenvalue weighted by molar-refractivity contribution is 0.188. The van der Waals surface area contributed by atoms with E-state index in [2.05, 4.69) is 0 Å². The van der Waals surface area contributed by atoms with Gasteiger partial charge in [0.2, 0.25) is 0 Å². The molecular weight excluding hydrogens is 192 g/mol. The van der Waals surface area contributed by atoms with Crippen molar-refractivity contribution in [3.63, 3.8) is 0 Å². The van der Waals surface area contributed by atoms with Crippen molar-refractivity contribution in [1.29, 1.82) is 5.26 Å². The molecule has 4 heteroatoms. The van der Waals surface area contributed by atoms with Crippen LogP contribution in [0.25, 0.3) is 10.9 Å². The SMILES string of the molecule is Cc1c(C#N)c(=O)n(O)c2ccccc12. The van der Waals surface area contributed by atoms with E-state index < -0.39 is 5.56 Å². The van der Waals surface area contributed by atoms with Gasteiger partial charge in [0.15, 0.2) is 0 Å². The second-order valence-corrected chi connectivity index (χ2v) is 3.25. The molecule has 0 spiro atoms. The van der Waals surface area contributed by atoms with Crippen molar-refractivity contribution in [1.82, 2.24) is 4.73 Å². The number of pyridine rings is 1. The first-order valence-corrected chi connectivity index (χ1v) is 4.40. The molecule has 1 heterocycles. The number of aromatic nitrogens is 1. The van der Waals surface area contributed by atoms with Gasteiger partial charge in [-0.05, 0) is 18.6 Å². The standard InChI is InChI=1S/C11H8N2O2/c1-7-8-4-2-3-5-10(8)13(15)11(14)9(7)6-12/h2-5,15H,1H3. The van der Waals surface area contributed by atoms with Crippen molar-refractivity contribution in [3.8, 4) is 6.07 Å². The first-order chi connectivity index (χ1) is 7.16. The van der Waals surface area contributed by atoms with Gasteiger partial charge in [0.1, 0.15) is 11.6 Å². The number of hydrogen-bond donors (Lipinski definition) is 1. The highest BCUT2D eigenvalue weighted by Gasteiger charge is 2.12. The lowest BCUT2D eigenvalue weighted by Crippen LogP contribution is -2.22. The average molecular weight is 200 g/mol. The van der Waals surface area contributed by atoms with Crippen LogP contribution in [0.4, 0.5) is 0 Å². The summed E-state index contributed by atoms with van der Waals surface area (Å²) in [7, 11) is 0. The highest BCUT2D eigenvalue weighted by molar-refractivity contribution is 5.83. The molecule has 0 saturated heterocycles. The van der Waals surface area contributed by atoms with Crippen LogP contribution in [0.15, 0.2) is 29.1 Å². The Morgan fingerprint density at radius 1 is 1.40 bits per heavy atom. The van der Waals surface area contributed by atoms with E-state index >= 15 is 0 Å². The predicted octanol–water partition coefficient (Wildman–Crippen LogP) is 1.42. The van der Waals surface area contributed by atoms with Gasteiger partial charge in [-0.25, -0.2) is 0 Å². The van der Waals surface area contributed by atoms with E-state index in [1.54, 1.807) is 37.3 Å². The van der Waals surface area contributed by atoms with Crippen LogP contribution in [0.5, 0.6) is 0 Å². The van der Waals surface area contributed by atoms with Crippen molar-refractivity contribution in [2.24, 2.45) is 0 Å². The molecule has 2 aromatic rings. The number of rotatable bonds is 0. The molecule has 0 unspecified atom stereocenters. The van der Waals surface area contributed by atoms with Gasteiger partial charge in [-0.1, -0.05) is 18.2 Å². The zero-order valence-electron chi connectivity index (χ0n) is 8.06. The van der Waals surface area contributed by atoms with Gasteiger partial charge in [-0.2, -0.15) is 5.26 Å². The Morgan fingerprint density at radius 3 is 2.73 bits per heavy atom. The predicted molar refractivity (Wildman–Crippen MR) is 54.8 cm³/mol. The molecule has 74 valence electrons. The smallest absolute Gasteiger partial charge is 0.301 e. The molecule has 0 fully saturated rings. The maximum atomic E-state index is 11.5. The second-order valence-electron chi connectivity index (χ2n) is 3.25. The van der Waals surface area contributed by atoms with Crippen LogP contribution >= 0.6 is 0 Å². The summed E-state index contributed by atoms with van der Waals surface area (Å²) in [6.45, 7) is 1.70. The van der Waals surface area contributed by atoms with Gasteiger partial charge in [0, 0.05) is 5.39 Å². The highest BCUT2D eigenvalue weighted by Crippen LogP contribution is 2.17. The molecule has 4 nitrogen and oxygen atoms in total. The summed E-state index contributed by atoms with van der Waals surface area (Å²) in [6, 6.07) is 8.71. The van der Waals surface area contributed by atoms with E-state index in [-0.39, 0.29) is 5.56 Å². The summed E-state index contributed by atoms with van der Waals surface area (Å²) in [5, 5.41) is 19.1. The number of hydrogen-bond acceptors (Lipinski definition) is 3. The molecule has 0 atom stereocenters. The first kappa shape index (κ1) is 9.28. The van der Waals surface area contributed by atoms with E-state index in [4.69, 9.17) is 5.26 Å². The maximum Gasteiger partial charge on any atom is 0.301 e. The Kier molecular flexibility index (Phi) is 1.94. The Morgan fingerprint density at radius 2 is 2.07 bits per heavy atom. The van der Waals surface area contributed by atoms with E-state index in [0.717, 1.165) is 0 Å². The topological polar surface area (TPSA) is 66.0 Å². The van der Waals surface area contributed by atoms with E-state index in [1.165, 1.54) is 0 Å². The minimum absolute atomic E-state index is 0.0174. The molecule has 2 rings (SSSR count). The van der Waals surface area contributed by atoms with E-state index in [9.17, 15) is 10.0 Å². The van der Waals surface area contributed by atoms with Crippen molar-refractivity contribution in [2.45, 2.75) is 6.92 Å². The van der Waals surface area contributed by atoms with E-state index in [0.29, 0.717) is 21.2 Å². The Labute approximate surface area is 85.6 Å². The largest absolute Gasteiger partial charge is 0.425 e. The quantitative estimate of drug-likeness (QED) is 0.654. The zero-order chi connectivity index (χ0) is 11.0. The fourth-order valence-electron chi connectivity index (χ4n) is 1.62. The zero-order valence-corrected chi connectivity index (χ0v) is 8.06. The number of para-hydroxylation sites is 1. The third kappa shape index (κ3) is 1.17. The minimum atomic E-state index is -0.672. The summed E-state index contributed by atoms with van der Waals surface area (Å²) >= 11 is 0. The van der Waals surface area contributed by atoms with Gasteiger partial charge in [0.25, 0.3) is 0 Å². The monoisotopic (exact) mass is 200 g/mol. The van der Waals surface area contributed by atoms with Crippen molar-refractivity contribution in [3.05, 3.63) is 45.7 Å². The summed E-state index contributed by atoms with van der Waals surface area (Å²) in [5.41, 5.74) is 0.326. The summed E-state index contributed by atoms with van der Waals surface area (Å²) < 4.78 is 0.515. The van der Waals surface area contributed by atoms with Gasteiger partial charge in [0.05, 0.1) is 5.52 Å². The van der Waals surface area contributed by atoms with Gasteiger partial charge < -0.3 is 5.21 Å². The molecule has 1 N–H and O–H groups in total. The van der Waals surface area contributed by atoms with Crippen molar-refractivity contribution in [2.75, 3.05) is 0 Å². The molecule has 15 heavy (non-hydrogen) atoms. The Balaban J connectivity index is 3.12. The fraction of sp³-hybridized carbons (Fsp3) is 0.0909. The summed E-state index contributed by atoms with van der Waals surface area (Å²) in [5.74, 6) is 0. The number of fused-ring (bicyclic) bond motifs is 1. The molecule has 0 amide bonds. The summed E-state index contributed by atoms with van der Waals surface area (Å²) in [6.07, 6.45) is 0.